The Morgan fingerprint density at radius 2 is 1.86 bits per heavy atom. The van der Waals surface area contributed by atoms with Gasteiger partial charge in [-0.1, -0.05) is 23.2 Å². The lowest BCUT2D eigenvalue weighted by atomic mass is 10.1. The minimum Gasteiger partial charge on any atom is -0.462 e. The van der Waals surface area contributed by atoms with E-state index in [0.717, 1.165) is 0 Å². The number of benzene rings is 2. The number of nitrogens with one attached hydrogen (secondary N) is 1. The first-order valence-corrected chi connectivity index (χ1v) is 7.05. The van der Waals surface area contributed by atoms with Crippen molar-refractivity contribution in [3.05, 3.63) is 52.0 Å². The summed E-state index contributed by atoms with van der Waals surface area (Å²) in [6, 6.07) is 9.94. The second-order valence-electron chi connectivity index (χ2n) is 4.31. The Morgan fingerprint density at radius 3 is 2.48 bits per heavy atom. The van der Waals surface area contributed by atoms with Gasteiger partial charge in [0.1, 0.15) is 0 Å². The lowest BCUT2D eigenvalue weighted by Gasteiger charge is -2.12. The molecular weight excluding hydrogens is 311 g/mol. The predicted molar refractivity (Wildman–Crippen MR) is 86.6 cm³/mol. The normalized spacial score (nSPS) is 10.2. The van der Waals surface area contributed by atoms with Crippen LogP contribution in [-0.4, -0.2) is 12.6 Å². The van der Waals surface area contributed by atoms with E-state index >= 15 is 0 Å². The second kappa shape index (κ2) is 6.70. The number of esters is 1. The molecule has 0 heterocycles. The largest absolute Gasteiger partial charge is 0.462 e. The molecule has 6 heteroatoms. The maximum absolute atomic E-state index is 11.7. The fourth-order valence-corrected chi connectivity index (χ4v) is 2.31. The average Bonchev–Trinajstić information content (AvgIpc) is 2.40. The van der Waals surface area contributed by atoms with Crippen LogP contribution in [0.2, 0.25) is 10.0 Å². The minimum absolute atomic E-state index is 0.315. The van der Waals surface area contributed by atoms with Gasteiger partial charge in [0.2, 0.25) is 0 Å². The highest BCUT2D eigenvalue weighted by Gasteiger charge is 2.10. The monoisotopic (exact) mass is 324 g/mol. The SMILES string of the molecule is CCOC(=O)c1ccc(N)c(Nc2cc(Cl)cc(Cl)c2)c1. The summed E-state index contributed by atoms with van der Waals surface area (Å²) in [7, 11) is 0. The molecule has 0 aliphatic heterocycles. The fraction of sp³-hybridized carbons (Fsp3) is 0.133. The van der Waals surface area contributed by atoms with E-state index in [2.05, 4.69) is 5.32 Å². The number of carbonyl (C=O) groups excluding carboxylic acids is 1. The summed E-state index contributed by atoms with van der Waals surface area (Å²) >= 11 is 11.9. The molecular formula is C15H14Cl2N2O2. The summed E-state index contributed by atoms with van der Waals surface area (Å²) in [6.45, 7) is 2.07. The van der Waals surface area contributed by atoms with Crippen molar-refractivity contribution in [2.45, 2.75) is 6.92 Å². The van der Waals surface area contributed by atoms with E-state index in [1.807, 2.05) is 0 Å². The van der Waals surface area contributed by atoms with Crippen LogP contribution in [0, 0.1) is 0 Å². The highest BCUT2D eigenvalue weighted by atomic mass is 35.5. The Hall–Kier alpha value is -1.91. The zero-order chi connectivity index (χ0) is 15.4. The van der Waals surface area contributed by atoms with Crippen LogP contribution in [0.4, 0.5) is 17.1 Å². The Balaban J connectivity index is 2.30. The molecule has 0 amide bonds. The van der Waals surface area contributed by atoms with Crippen LogP contribution in [0.25, 0.3) is 0 Å². The zero-order valence-electron chi connectivity index (χ0n) is 11.3. The Bertz CT molecular complexity index is 654. The third kappa shape index (κ3) is 4.03. The number of hydrogen-bond donors (Lipinski definition) is 2. The topological polar surface area (TPSA) is 64.3 Å². The predicted octanol–water partition coefficient (Wildman–Crippen LogP) is 4.50. The van der Waals surface area contributed by atoms with E-state index in [1.165, 1.54) is 0 Å². The highest BCUT2D eigenvalue weighted by molar-refractivity contribution is 6.35. The Labute approximate surface area is 132 Å². The van der Waals surface area contributed by atoms with Crippen molar-refractivity contribution in [3.8, 4) is 0 Å². The molecule has 0 unspecified atom stereocenters. The van der Waals surface area contributed by atoms with Crippen LogP contribution >= 0.6 is 23.2 Å². The van der Waals surface area contributed by atoms with Crippen molar-refractivity contribution in [1.29, 1.82) is 0 Å². The molecule has 3 N–H and O–H groups in total. The summed E-state index contributed by atoms with van der Waals surface area (Å²) in [5.74, 6) is -0.398. The van der Waals surface area contributed by atoms with Crippen LogP contribution in [0.3, 0.4) is 0 Å². The number of rotatable bonds is 4. The summed E-state index contributed by atoms with van der Waals surface area (Å²) in [6.07, 6.45) is 0. The molecule has 2 aromatic carbocycles. The minimum atomic E-state index is -0.398. The number of nitrogens with two attached hydrogens (primary N) is 1. The summed E-state index contributed by atoms with van der Waals surface area (Å²) in [4.78, 5) is 11.7. The zero-order valence-corrected chi connectivity index (χ0v) is 12.8. The molecule has 0 fully saturated rings. The van der Waals surface area contributed by atoms with Crippen LogP contribution in [0.15, 0.2) is 36.4 Å². The lowest BCUT2D eigenvalue weighted by molar-refractivity contribution is 0.0526. The van der Waals surface area contributed by atoms with E-state index in [9.17, 15) is 4.79 Å². The molecule has 21 heavy (non-hydrogen) atoms. The first-order valence-electron chi connectivity index (χ1n) is 6.29. The average molecular weight is 325 g/mol. The van der Waals surface area contributed by atoms with Gasteiger partial charge in [-0.2, -0.15) is 0 Å². The maximum atomic E-state index is 11.7. The molecule has 110 valence electrons. The highest BCUT2D eigenvalue weighted by Crippen LogP contribution is 2.28. The van der Waals surface area contributed by atoms with Crippen molar-refractivity contribution in [1.82, 2.24) is 0 Å². The van der Waals surface area contributed by atoms with Crippen molar-refractivity contribution in [2.24, 2.45) is 0 Å². The summed E-state index contributed by atoms with van der Waals surface area (Å²) in [5.41, 5.74) is 8.09. The molecule has 4 nitrogen and oxygen atoms in total. The van der Waals surface area contributed by atoms with Gasteiger partial charge in [0.05, 0.1) is 23.5 Å². The molecule has 0 aliphatic carbocycles. The standard InChI is InChI=1S/C15H14Cl2N2O2/c1-2-21-15(20)9-3-4-13(18)14(5-9)19-12-7-10(16)6-11(17)8-12/h3-8,19H,2,18H2,1H3. The van der Waals surface area contributed by atoms with E-state index < -0.39 is 5.97 Å². The summed E-state index contributed by atoms with van der Waals surface area (Å²) < 4.78 is 4.96. The van der Waals surface area contributed by atoms with Crippen LogP contribution < -0.4 is 11.1 Å². The van der Waals surface area contributed by atoms with Crippen molar-refractivity contribution < 1.29 is 9.53 Å². The number of ether oxygens (including phenoxy) is 1. The van der Waals surface area contributed by atoms with Crippen molar-refractivity contribution >= 4 is 46.2 Å². The third-order valence-electron chi connectivity index (χ3n) is 2.71. The van der Waals surface area contributed by atoms with E-state index in [1.54, 1.807) is 43.3 Å². The molecule has 0 aliphatic rings. The van der Waals surface area contributed by atoms with Gasteiger partial charge in [0.15, 0.2) is 0 Å². The number of anilines is 3. The number of halogens is 2. The number of hydrogen-bond acceptors (Lipinski definition) is 4. The Morgan fingerprint density at radius 1 is 1.19 bits per heavy atom. The molecule has 0 saturated carbocycles. The molecule has 0 spiro atoms. The van der Waals surface area contributed by atoms with Gasteiger partial charge in [0.25, 0.3) is 0 Å². The second-order valence-corrected chi connectivity index (χ2v) is 5.18. The summed E-state index contributed by atoms with van der Waals surface area (Å²) in [5, 5.41) is 4.10. The number of nitrogen functional groups attached to an aromatic ring is 1. The number of carbonyl (C=O) groups is 1. The van der Waals surface area contributed by atoms with Gasteiger partial charge in [0, 0.05) is 15.7 Å². The van der Waals surface area contributed by atoms with E-state index in [-0.39, 0.29) is 0 Å². The van der Waals surface area contributed by atoms with Gasteiger partial charge < -0.3 is 15.8 Å². The van der Waals surface area contributed by atoms with Crippen LogP contribution in [0.5, 0.6) is 0 Å². The van der Waals surface area contributed by atoms with Gasteiger partial charge in [-0.3, -0.25) is 0 Å². The van der Waals surface area contributed by atoms with Gasteiger partial charge >= 0.3 is 5.97 Å². The molecule has 0 radical (unpaired) electrons. The molecule has 0 saturated heterocycles. The van der Waals surface area contributed by atoms with Crippen molar-refractivity contribution in [3.63, 3.8) is 0 Å². The lowest BCUT2D eigenvalue weighted by Crippen LogP contribution is -2.06. The van der Waals surface area contributed by atoms with Gasteiger partial charge in [-0.15, -0.1) is 0 Å². The molecule has 0 aromatic heterocycles. The quantitative estimate of drug-likeness (QED) is 0.642. The fourth-order valence-electron chi connectivity index (χ4n) is 1.79. The third-order valence-corrected chi connectivity index (χ3v) is 3.14. The smallest absolute Gasteiger partial charge is 0.338 e. The molecule has 2 aromatic rings. The van der Waals surface area contributed by atoms with Crippen LogP contribution in [0.1, 0.15) is 17.3 Å². The first kappa shape index (κ1) is 15.5. The molecule has 0 bridgehead atoms. The molecule has 0 atom stereocenters. The van der Waals surface area contributed by atoms with Gasteiger partial charge in [-0.05, 0) is 43.3 Å². The van der Waals surface area contributed by atoms with E-state index in [0.29, 0.717) is 39.3 Å². The van der Waals surface area contributed by atoms with Crippen molar-refractivity contribution in [2.75, 3.05) is 17.7 Å². The van der Waals surface area contributed by atoms with Gasteiger partial charge in [-0.25, -0.2) is 4.79 Å². The van der Waals surface area contributed by atoms with E-state index in [4.69, 9.17) is 33.7 Å². The molecule has 2 rings (SSSR count). The van der Waals surface area contributed by atoms with Crippen LogP contribution in [-0.2, 0) is 4.74 Å². The first-order chi connectivity index (χ1) is 9.99. The Kier molecular flexibility index (Phi) is 4.94. The maximum Gasteiger partial charge on any atom is 0.338 e.